The molecule has 1 aromatic carbocycles. The quantitative estimate of drug-likeness (QED) is 0.841. The standard InChI is InChI=1S/C20H24N2O3S/c1-11-7-8-14-15(9-11)26-20(17(14)19(21)24)22-16(23)10-25-18-12(2)5-4-6-13(18)3/h4-6,11H,7-10H2,1-3H3,(H2,21,24)(H,22,23)/t11-/m0/s1. The molecule has 3 N–H and O–H groups in total. The molecule has 0 saturated carbocycles. The predicted molar refractivity (Wildman–Crippen MR) is 104 cm³/mol. The summed E-state index contributed by atoms with van der Waals surface area (Å²) >= 11 is 1.46. The Balaban J connectivity index is 1.74. The van der Waals surface area contributed by atoms with Crippen LogP contribution in [0.5, 0.6) is 5.75 Å². The smallest absolute Gasteiger partial charge is 0.262 e. The zero-order valence-electron chi connectivity index (χ0n) is 15.3. The van der Waals surface area contributed by atoms with Crippen molar-refractivity contribution in [1.82, 2.24) is 0 Å². The molecule has 3 rings (SSSR count). The number of carbonyl (C=O) groups is 2. The Bertz CT molecular complexity index is 837. The van der Waals surface area contributed by atoms with Crippen molar-refractivity contribution in [2.24, 2.45) is 11.7 Å². The number of carbonyl (C=O) groups excluding carboxylic acids is 2. The van der Waals surface area contributed by atoms with Gasteiger partial charge in [-0.1, -0.05) is 25.1 Å². The van der Waals surface area contributed by atoms with Gasteiger partial charge in [0.15, 0.2) is 6.61 Å². The molecule has 0 unspecified atom stereocenters. The third-order valence-corrected chi connectivity index (χ3v) is 5.94. The van der Waals surface area contributed by atoms with E-state index in [0.29, 0.717) is 16.5 Å². The topological polar surface area (TPSA) is 81.4 Å². The fourth-order valence-electron chi connectivity index (χ4n) is 3.43. The Kier molecular flexibility index (Phi) is 5.32. The first-order valence-corrected chi connectivity index (χ1v) is 9.61. The number of rotatable bonds is 5. The van der Waals surface area contributed by atoms with E-state index in [1.807, 2.05) is 32.0 Å². The summed E-state index contributed by atoms with van der Waals surface area (Å²) in [6, 6.07) is 5.84. The van der Waals surface area contributed by atoms with E-state index in [2.05, 4.69) is 12.2 Å². The van der Waals surface area contributed by atoms with Crippen LogP contribution in [0.15, 0.2) is 18.2 Å². The molecule has 1 atom stereocenters. The number of aryl methyl sites for hydroxylation is 2. The molecule has 1 aromatic heterocycles. The number of fused-ring (bicyclic) bond motifs is 1. The summed E-state index contributed by atoms with van der Waals surface area (Å²) in [4.78, 5) is 25.5. The van der Waals surface area contributed by atoms with E-state index in [9.17, 15) is 9.59 Å². The summed E-state index contributed by atoms with van der Waals surface area (Å²) in [5.41, 5.74) is 9.02. The van der Waals surface area contributed by atoms with E-state index >= 15 is 0 Å². The number of para-hydroxylation sites is 1. The van der Waals surface area contributed by atoms with Gasteiger partial charge in [0, 0.05) is 4.88 Å². The fraction of sp³-hybridized carbons (Fsp3) is 0.400. The van der Waals surface area contributed by atoms with Crippen molar-refractivity contribution in [3.8, 4) is 5.75 Å². The molecule has 0 radical (unpaired) electrons. The van der Waals surface area contributed by atoms with Crippen LogP contribution in [-0.2, 0) is 17.6 Å². The van der Waals surface area contributed by atoms with Crippen LogP contribution in [0.2, 0.25) is 0 Å². The van der Waals surface area contributed by atoms with Crippen LogP contribution in [-0.4, -0.2) is 18.4 Å². The van der Waals surface area contributed by atoms with Crippen LogP contribution >= 0.6 is 11.3 Å². The second kappa shape index (κ2) is 7.50. The summed E-state index contributed by atoms with van der Waals surface area (Å²) in [5, 5.41) is 3.37. The van der Waals surface area contributed by atoms with Crippen molar-refractivity contribution in [2.45, 2.75) is 40.0 Å². The minimum absolute atomic E-state index is 0.108. The van der Waals surface area contributed by atoms with Gasteiger partial charge in [0.2, 0.25) is 0 Å². The van der Waals surface area contributed by atoms with Gasteiger partial charge in [-0.2, -0.15) is 0 Å². The molecule has 138 valence electrons. The molecule has 5 nitrogen and oxygen atoms in total. The highest BCUT2D eigenvalue weighted by Crippen LogP contribution is 2.39. The number of hydrogen-bond acceptors (Lipinski definition) is 4. The second-order valence-electron chi connectivity index (χ2n) is 6.98. The molecule has 26 heavy (non-hydrogen) atoms. The maximum absolute atomic E-state index is 12.4. The number of amides is 2. The molecule has 1 aliphatic carbocycles. The number of primary amides is 1. The number of anilines is 1. The van der Waals surface area contributed by atoms with Crippen molar-refractivity contribution >= 4 is 28.2 Å². The molecule has 2 amide bonds. The average molecular weight is 372 g/mol. The maximum Gasteiger partial charge on any atom is 0.262 e. The fourth-order valence-corrected chi connectivity index (χ4v) is 4.86. The highest BCUT2D eigenvalue weighted by molar-refractivity contribution is 7.17. The maximum atomic E-state index is 12.4. The zero-order valence-corrected chi connectivity index (χ0v) is 16.2. The molecule has 6 heteroatoms. The summed E-state index contributed by atoms with van der Waals surface area (Å²) in [5.74, 6) is 0.527. The van der Waals surface area contributed by atoms with Crippen molar-refractivity contribution in [3.05, 3.63) is 45.3 Å². The first-order chi connectivity index (χ1) is 12.4. The molecule has 0 spiro atoms. The number of thiophene rings is 1. The first-order valence-electron chi connectivity index (χ1n) is 8.80. The first kappa shape index (κ1) is 18.5. The summed E-state index contributed by atoms with van der Waals surface area (Å²) < 4.78 is 5.70. The summed E-state index contributed by atoms with van der Waals surface area (Å²) in [6.45, 7) is 5.98. The number of benzene rings is 1. The largest absolute Gasteiger partial charge is 0.483 e. The lowest BCUT2D eigenvalue weighted by atomic mass is 9.88. The molecule has 0 bridgehead atoms. The molecular formula is C20H24N2O3S. The van der Waals surface area contributed by atoms with Gasteiger partial charge in [0.1, 0.15) is 10.8 Å². The number of nitrogens with two attached hydrogens (primary N) is 1. The van der Waals surface area contributed by atoms with Gasteiger partial charge in [-0.3, -0.25) is 9.59 Å². The minimum Gasteiger partial charge on any atom is -0.483 e. The monoisotopic (exact) mass is 372 g/mol. The molecule has 0 saturated heterocycles. The molecule has 2 aromatic rings. The van der Waals surface area contributed by atoms with Gasteiger partial charge in [-0.15, -0.1) is 11.3 Å². The summed E-state index contributed by atoms with van der Waals surface area (Å²) in [6.07, 6.45) is 2.79. The molecule has 1 heterocycles. The number of ether oxygens (including phenoxy) is 1. The SMILES string of the molecule is Cc1cccc(C)c1OCC(=O)Nc1sc2c(c1C(N)=O)CC[C@H](C)C2. The molecule has 1 aliphatic rings. The summed E-state index contributed by atoms with van der Waals surface area (Å²) in [7, 11) is 0. The van der Waals surface area contributed by atoms with Crippen LogP contribution in [0.1, 0.15) is 45.3 Å². The van der Waals surface area contributed by atoms with Crippen molar-refractivity contribution in [2.75, 3.05) is 11.9 Å². The van der Waals surface area contributed by atoms with Gasteiger partial charge in [0.25, 0.3) is 11.8 Å². The van der Waals surface area contributed by atoms with E-state index in [4.69, 9.17) is 10.5 Å². The van der Waals surface area contributed by atoms with Crippen LogP contribution in [0.4, 0.5) is 5.00 Å². The lowest BCUT2D eigenvalue weighted by molar-refractivity contribution is -0.118. The Morgan fingerprint density at radius 1 is 1.31 bits per heavy atom. The van der Waals surface area contributed by atoms with Crippen molar-refractivity contribution < 1.29 is 14.3 Å². The van der Waals surface area contributed by atoms with Crippen LogP contribution in [0, 0.1) is 19.8 Å². The number of nitrogens with one attached hydrogen (secondary N) is 1. The van der Waals surface area contributed by atoms with Gasteiger partial charge in [-0.05, 0) is 55.7 Å². The zero-order chi connectivity index (χ0) is 18.8. The van der Waals surface area contributed by atoms with Crippen LogP contribution in [0.3, 0.4) is 0 Å². The predicted octanol–water partition coefficient (Wildman–Crippen LogP) is 3.61. The van der Waals surface area contributed by atoms with Gasteiger partial charge >= 0.3 is 0 Å². The van der Waals surface area contributed by atoms with Gasteiger partial charge < -0.3 is 15.8 Å². The van der Waals surface area contributed by atoms with E-state index in [1.165, 1.54) is 11.3 Å². The van der Waals surface area contributed by atoms with E-state index < -0.39 is 5.91 Å². The average Bonchev–Trinajstić information content (AvgIpc) is 2.91. The number of hydrogen-bond donors (Lipinski definition) is 2. The Labute approximate surface area is 157 Å². The third-order valence-electron chi connectivity index (χ3n) is 4.77. The minimum atomic E-state index is -0.483. The van der Waals surface area contributed by atoms with Gasteiger partial charge in [0.05, 0.1) is 5.56 Å². The molecule has 0 fully saturated rings. The highest BCUT2D eigenvalue weighted by Gasteiger charge is 2.27. The van der Waals surface area contributed by atoms with Crippen LogP contribution in [0.25, 0.3) is 0 Å². The Morgan fingerprint density at radius 2 is 2.00 bits per heavy atom. The third kappa shape index (κ3) is 3.75. The van der Waals surface area contributed by atoms with E-state index in [0.717, 1.165) is 46.6 Å². The Morgan fingerprint density at radius 3 is 2.65 bits per heavy atom. The second-order valence-corrected chi connectivity index (χ2v) is 8.08. The normalized spacial score (nSPS) is 16.0. The van der Waals surface area contributed by atoms with Gasteiger partial charge in [-0.25, -0.2) is 0 Å². The van der Waals surface area contributed by atoms with Crippen LogP contribution < -0.4 is 15.8 Å². The van der Waals surface area contributed by atoms with E-state index in [1.54, 1.807) is 0 Å². The lowest BCUT2D eigenvalue weighted by Gasteiger charge is -2.18. The molecular weight excluding hydrogens is 348 g/mol. The van der Waals surface area contributed by atoms with Crippen molar-refractivity contribution in [1.29, 1.82) is 0 Å². The Hall–Kier alpha value is -2.34. The van der Waals surface area contributed by atoms with Crippen molar-refractivity contribution in [3.63, 3.8) is 0 Å². The van der Waals surface area contributed by atoms with E-state index in [-0.39, 0.29) is 12.5 Å². The highest BCUT2D eigenvalue weighted by atomic mass is 32.1. The molecule has 0 aliphatic heterocycles. The lowest BCUT2D eigenvalue weighted by Crippen LogP contribution is -2.23.